The smallest absolute Gasteiger partial charge is 0.318 e. The Morgan fingerprint density at radius 3 is 2.58 bits per heavy atom. The van der Waals surface area contributed by atoms with E-state index in [1.165, 1.54) is 0 Å². The molecular formula is C14H26N2O3. The van der Waals surface area contributed by atoms with Crippen molar-refractivity contribution in [2.45, 2.75) is 77.4 Å². The standard InChI is InChI=1S/C14H26N2O3/c1-4-6-11(9-13(17)18)15-14(19)16-10(3)7-8-12(16)5-2/h10-12H,4-9H2,1-3H3,(H,15,19)(H,17,18). The summed E-state index contributed by atoms with van der Waals surface area (Å²) in [4.78, 5) is 25.0. The third kappa shape index (κ3) is 4.40. The van der Waals surface area contributed by atoms with E-state index in [-0.39, 0.29) is 24.5 Å². The summed E-state index contributed by atoms with van der Waals surface area (Å²) in [6.07, 6.45) is 4.60. The molecule has 0 aromatic carbocycles. The summed E-state index contributed by atoms with van der Waals surface area (Å²) >= 11 is 0. The van der Waals surface area contributed by atoms with Gasteiger partial charge in [0.2, 0.25) is 0 Å². The summed E-state index contributed by atoms with van der Waals surface area (Å²) in [5.41, 5.74) is 0. The summed E-state index contributed by atoms with van der Waals surface area (Å²) in [6, 6.07) is 0.177. The van der Waals surface area contributed by atoms with Crippen LogP contribution in [0.2, 0.25) is 0 Å². The van der Waals surface area contributed by atoms with Gasteiger partial charge >= 0.3 is 12.0 Å². The molecule has 0 spiro atoms. The summed E-state index contributed by atoms with van der Waals surface area (Å²) in [5.74, 6) is -0.861. The van der Waals surface area contributed by atoms with Gasteiger partial charge in [-0.25, -0.2) is 4.79 Å². The number of rotatable bonds is 6. The van der Waals surface area contributed by atoms with Gasteiger partial charge in [-0.3, -0.25) is 4.79 Å². The Labute approximate surface area is 115 Å². The zero-order valence-electron chi connectivity index (χ0n) is 12.2. The number of carbonyl (C=O) groups is 2. The first-order valence-corrected chi connectivity index (χ1v) is 7.30. The highest BCUT2D eigenvalue weighted by atomic mass is 16.4. The van der Waals surface area contributed by atoms with Crippen LogP contribution in [-0.4, -0.2) is 40.1 Å². The minimum atomic E-state index is -0.861. The zero-order chi connectivity index (χ0) is 14.4. The number of likely N-dealkylation sites (tertiary alicyclic amines) is 1. The number of urea groups is 1. The van der Waals surface area contributed by atoms with Crippen molar-refractivity contribution in [3.05, 3.63) is 0 Å². The molecule has 1 fully saturated rings. The molecule has 1 aliphatic heterocycles. The Bertz CT molecular complexity index is 320. The summed E-state index contributed by atoms with van der Waals surface area (Å²) in [6.45, 7) is 6.14. The van der Waals surface area contributed by atoms with Crippen LogP contribution in [0.25, 0.3) is 0 Å². The average molecular weight is 270 g/mol. The van der Waals surface area contributed by atoms with Gasteiger partial charge in [-0.05, 0) is 32.6 Å². The fourth-order valence-corrected chi connectivity index (χ4v) is 2.87. The number of amides is 2. The van der Waals surface area contributed by atoms with Crippen LogP contribution in [-0.2, 0) is 4.79 Å². The van der Waals surface area contributed by atoms with Gasteiger partial charge in [0.25, 0.3) is 0 Å². The van der Waals surface area contributed by atoms with E-state index in [9.17, 15) is 9.59 Å². The number of nitrogens with one attached hydrogen (secondary N) is 1. The summed E-state index contributed by atoms with van der Waals surface area (Å²) < 4.78 is 0. The van der Waals surface area contributed by atoms with Gasteiger partial charge in [0.1, 0.15) is 0 Å². The third-order valence-electron chi connectivity index (χ3n) is 3.88. The molecule has 1 rings (SSSR count). The Kier molecular flexibility index (Phi) is 6.12. The van der Waals surface area contributed by atoms with Crippen LogP contribution >= 0.6 is 0 Å². The number of aliphatic carboxylic acids is 1. The normalized spacial score (nSPS) is 24.3. The van der Waals surface area contributed by atoms with Gasteiger partial charge < -0.3 is 15.3 Å². The Hall–Kier alpha value is -1.26. The fourth-order valence-electron chi connectivity index (χ4n) is 2.87. The Balaban J connectivity index is 2.62. The van der Waals surface area contributed by atoms with Crippen molar-refractivity contribution < 1.29 is 14.7 Å². The van der Waals surface area contributed by atoms with E-state index in [0.717, 1.165) is 25.7 Å². The second kappa shape index (κ2) is 7.36. The lowest BCUT2D eigenvalue weighted by Crippen LogP contribution is -2.49. The number of carboxylic acids is 1. The highest BCUT2D eigenvalue weighted by Crippen LogP contribution is 2.26. The minimum Gasteiger partial charge on any atom is -0.481 e. The molecule has 0 aromatic rings. The van der Waals surface area contributed by atoms with Gasteiger partial charge in [0.05, 0.1) is 6.42 Å². The molecule has 19 heavy (non-hydrogen) atoms. The van der Waals surface area contributed by atoms with Crippen molar-refractivity contribution in [1.82, 2.24) is 10.2 Å². The van der Waals surface area contributed by atoms with Crippen LogP contribution in [0, 0.1) is 0 Å². The fraction of sp³-hybridized carbons (Fsp3) is 0.857. The summed E-state index contributed by atoms with van der Waals surface area (Å²) in [7, 11) is 0. The van der Waals surface area contributed by atoms with Crippen LogP contribution in [0.5, 0.6) is 0 Å². The van der Waals surface area contributed by atoms with Gasteiger partial charge in [-0.2, -0.15) is 0 Å². The van der Waals surface area contributed by atoms with Gasteiger partial charge in [-0.15, -0.1) is 0 Å². The molecule has 5 nitrogen and oxygen atoms in total. The molecule has 0 saturated carbocycles. The SMILES string of the molecule is CCCC(CC(=O)O)NC(=O)N1C(C)CCC1CC. The van der Waals surface area contributed by atoms with Crippen molar-refractivity contribution >= 4 is 12.0 Å². The molecule has 0 aliphatic carbocycles. The first-order chi connectivity index (χ1) is 8.99. The molecule has 2 amide bonds. The molecule has 1 saturated heterocycles. The molecular weight excluding hydrogens is 244 g/mol. The molecule has 0 radical (unpaired) electrons. The molecule has 2 N–H and O–H groups in total. The number of carbonyl (C=O) groups excluding carboxylic acids is 1. The maximum absolute atomic E-state index is 12.3. The predicted octanol–water partition coefficient (Wildman–Crippen LogP) is 2.60. The topological polar surface area (TPSA) is 69.6 Å². The Morgan fingerprint density at radius 1 is 1.37 bits per heavy atom. The quantitative estimate of drug-likeness (QED) is 0.779. The second-order valence-corrected chi connectivity index (χ2v) is 5.43. The van der Waals surface area contributed by atoms with Crippen molar-refractivity contribution in [3.63, 3.8) is 0 Å². The molecule has 1 heterocycles. The van der Waals surface area contributed by atoms with E-state index in [0.29, 0.717) is 12.5 Å². The molecule has 0 bridgehead atoms. The lowest BCUT2D eigenvalue weighted by atomic mass is 10.1. The largest absolute Gasteiger partial charge is 0.481 e. The first-order valence-electron chi connectivity index (χ1n) is 7.30. The van der Waals surface area contributed by atoms with E-state index >= 15 is 0 Å². The van der Waals surface area contributed by atoms with Gasteiger partial charge in [-0.1, -0.05) is 20.3 Å². The van der Waals surface area contributed by atoms with Crippen LogP contribution < -0.4 is 5.32 Å². The average Bonchev–Trinajstić information content (AvgIpc) is 2.69. The highest BCUT2D eigenvalue weighted by molar-refractivity contribution is 5.76. The number of nitrogens with zero attached hydrogens (tertiary/aromatic N) is 1. The molecule has 3 atom stereocenters. The van der Waals surface area contributed by atoms with Crippen LogP contribution in [0.4, 0.5) is 4.79 Å². The first kappa shape index (κ1) is 15.8. The molecule has 3 unspecified atom stereocenters. The van der Waals surface area contributed by atoms with Crippen molar-refractivity contribution in [3.8, 4) is 0 Å². The van der Waals surface area contributed by atoms with Gasteiger partial charge in [0.15, 0.2) is 0 Å². The maximum Gasteiger partial charge on any atom is 0.318 e. The maximum atomic E-state index is 12.3. The van der Waals surface area contributed by atoms with Crippen molar-refractivity contribution in [1.29, 1.82) is 0 Å². The number of hydrogen-bond acceptors (Lipinski definition) is 2. The van der Waals surface area contributed by atoms with E-state index in [1.807, 2.05) is 11.8 Å². The summed E-state index contributed by atoms with van der Waals surface area (Å²) in [5, 5.41) is 11.8. The number of carboxylic acid groups (broad SMARTS) is 1. The zero-order valence-corrected chi connectivity index (χ0v) is 12.2. The number of hydrogen-bond donors (Lipinski definition) is 2. The van der Waals surface area contributed by atoms with E-state index in [1.54, 1.807) is 0 Å². The van der Waals surface area contributed by atoms with E-state index in [4.69, 9.17) is 5.11 Å². The third-order valence-corrected chi connectivity index (χ3v) is 3.88. The molecule has 0 aromatic heterocycles. The monoisotopic (exact) mass is 270 g/mol. The van der Waals surface area contributed by atoms with E-state index < -0.39 is 5.97 Å². The molecule has 1 aliphatic rings. The second-order valence-electron chi connectivity index (χ2n) is 5.43. The lowest BCUT2D eigenvalue weighted by Gasteiger charge is -2.30. The molecule has 110 valence electrons. The van der Waals surface area contributed by atoms with Crippen LogP contribution in [0.15, 0.2) is 0 Å². The minimum absolute atomic E-state index is 0.00140. The lowest BCUT2D eigenvalue weighted by molar-refractivity contribution is -0.137. The van der Waals surface area contributed by atoms with Crippen LogP contribution in [0.1, 0.15) is 59.3 Å². The highest BCUT2D eigenvalue weighted by Gasteiger charge is 2.33. The molecule has 5 heteroatoms. The van der Waals surface area contributed by atoms with Crippen molar-refractivity contribution in [2.24, 2.45) is 0 Å². The van der Waals surface area contributed by atoms with Crippen LogP contribution in [0.3, 0.4) is 0 Å². The predicted molar refractivity (Wildman–Crippen MR) is 74.1 cm³/mol. The van der Waals surface area contributed by atoms with Crippen molar-refractivity contribution in [2.75, 3.05) is 0 Å². The van der Waals surface area contributed by atoms with Gasteiger partial charge in [0, 0.05) is 18.1 Å². The Morgan fingerprint density at radius 2 is 2.05 bits per heavy atom. The van der Waals surface area contributed by atoms with E-state index in [2.05, 4.69) is 19.2 Å².